The number of aromatic hydroxyl groups is 2. The van der Waals surface area contributed by atoms with Crippen LogP contribution in [0.2, 0.25) is 0 Å². The quantitative estimate of drug-likeness (QED) is 0.313. The standard InChI is InChI=1S/C19H34N2O3S/c1-8-12(3)15-10-16(18(23)11-17(15)22)19(13(4)9-2)21(6)20-14(5)25-24-7/h10-14,19-20,22-23H,8-9H2,1-7H3. The van der Waals surface area contributed by atoms with Crippen LogP contribution in [0, 0.1) is 5.92 Å². The third kappa shape index (κ3) is 5.78. The molecule has 0 amide bonds. The molecule has 0 heterocycles. The van der Waals surface area contributed by atoms with Crippen LogP contribution in [0.1, 0.15) is 70.5 Å². The van der Waals surface area contributed by atoms with E-state index in [0.717, 1.165) is 24.0 Å². The molecule has 4 atom stereocenters. The molecule has 1 rings (SSSR count). The van der Waals surface area contributed by atoms with E-state index in [1.165, 1.54) is 18.1 Å². The maximum absolute atomic E-state index is 10.5. The van der Waals surface area contributed by atoms with E-state index in [1.54, 1.807) is 7.11 Å². The minimum absolute atomic E-state index is 0.0201. The molecule has 0 saturated heterocycles. The highest BCUT2D eigenvalue weighted by Gasteiger charge is 2.28. The fraction of sp³-hybridized carbons (Fsp3) is 0.684. The molecule has 4 unspecified atom stereocenters. The van der Waals surface area contributed by atoms with Crippen molar-refractivity contribution in [2.24, 2.45) is 5.92 Å². The molecule has 0 bridgehead atoms. The van der Waals surface area contributed by atoms with E-state index in [9.17, 15) is 10.2 Å². The monoisotopic (exact) mass is 370 g/mol. The van der Waals surface area contributed by atoms with Gasteiger partial charge in [0.15, 0.2) is 0 Å². The van der Waals surface area contributed by atoms with Crippen LogP contribution in [0.5, 0.6) is 11.5 Å². The Kier molecular flexibility index (Phi) is 9.07. The van der Waals surface area contributed by atoms with Crippen LogP contribution in [-0.4, -0.2) is 34.8 Å². The minimum atomic E-state index is -0.0201. The second-order valence-electron chi connectivity index (χ2n) is 6.75. The summed E-state index contributed by atoms with van der Waals surface area (Å²) in [5.74, 6) is 0.851. The molecule has 144 valence electrons. The van der Waals surface area contributed by atoms with Crippen LogP contribution in [0.25, 0.3) is 0 Å². The number of benzene rings is 1. The van der Waals surface area contributed by atoms with Crippen molar-refractivity contribution < 1.29 is 14.4 Å². The van der Waals surface area contributed by atoms with E-state index in [1.807, 2.05) is 25.0 Å². The highest BCUT2D eigenvalue weighted by atomic mass is 32.2. The number of nitrogens with one attached hydrogen (secondary N) is 1. The van der Waals surface area contributed by atoms with E-state index >= 15 is 0 Å². The highest BCUT2D eigenvalue weighted by Crippen LogP contribution is 2.40. The Bertz CT molecular complexity index is 542. The second kappa shape index (κ2) is 10.3. The van der Waals surface area contributed by atoms with Gasteiger partial charge in [-0.15, -0.1) is 0 Å². The molecule has 0 radical (unpaired) electrons. The average molecular weight is 371 g/mol. The van der Waals surface area contributed by atoms with Gasteiger partial charge in [0.25, 0.3) is 0 Å². The lowest BCUT2D eigenvalue weighted by atomic mass is 9.87. The van der Waals surface area contributed by atoms with Gasteiger partial charge in [-0.25, -0.2) is 10.4 Å². The van der Waals surface area contributed by atoms with E-state index in [-0.39, 0.29) is 28.8 Å². The first kappa shape index (κ1) is 22.1. The minimum Gasteiger partial charge on any atom is -0.508 e. The summed E-state index contributed by atoms with van der Waals surface area (Å²) in [6.07, 6.45) is 1.91. The fourth-order valence-corrected chi connectivity index (χ4v) is 3.61. The third-order valence-corrected chi connectivity index (χ3v) is 5.45. The Labute approximate surface area is 156 Å². The number of hydrogen-bond donors (Lipinski definition) is 3. The number of phenolic OH excluding ortho intramolecular Hbond substituents is 2. The molecule has 0 fully saturated rings. The molecule has 0 aromatic heterocycles. The van der Waals surface area contributed by atoms with Gasteiger partial charge in [0.05, 0.1) is 18.5 Å². The first-order valence-electron chi connectivity index (χ1n) is 9.00. The Morgan fingerprint density at radius 3 is 2.20 bits per heavy atom. The second-order valence-corrected chi connectivity index (χ2v) is 7.99. The predicted octanol–water partition coefficient (Wildman–Crippen LogP) is 4.78. The number of hydrogen-bond acceptors (Lipinski definition) is 6. The summed E-state index contributed by atoms with van der Waals surface area (Å²) in [7, 11) is 3.64. The van der Waals surface area contributed by atoms with Crippen LogP contribution >= 0.6 is 12.0 Å². The molecule has 1 aromatic carbocycles. The van der Waals surface area contributed by atoms with Crippen molar-refractivity contribution in [2.45, 2.75) is 64.8 Å². The highest BCUT2D eigenvalue weighted by molar-refractivity contribution is 7.95. The Morgan fingerprint density at radius 2 is 1.68 bits per heavy atom. The smallest absolute Gasteiger partial charge is 0.124 e. The van der Waals surface area contributed by atoms with Crippen molar-refractivity contribution in [1.29, 1.82) is 0 Å². The molecule has 0 spiro atoms. The number of nitrogens with zero attached hydrogens (tertiary/aromatic N) is 1. The predicted molar refractivity (Wildman–Crippen MR) is 106 cm³/mol. The maximum atomic E-state index is 10.5. The number of phenols is 2. The van der Waals surface area contributed by atoms with Crippen molar-refractivity contribution in [3.63, 3.8) is 0 Å². The summed E-state index contributed by atoms with van der Waals surface area (Å²) < 4.78 is 5.13. The number of rotatable bonds is 10. The van der Waals surface area contributed by atoms with Gasteiger partial charge in [-0.1, -0.05) is 34.1 Å². The summed E-state index contributed by atoms with van der Waals surface area (Å²) in [6.45, 7) is 10.5. The normalized spacial score (nSPS) is 16.6. The van der Waals surface area contributed by atoms with Gasteiger partial charge in [0, 0.05) is 30.7 Å². The fourth-order valence-electron chi connectivity index (χ4n) is 3.12. The Morgan fingerprint density at radius 1 is 1.08 bits per heavy atom. The van der Waals surface area contributed by atoms with Gasteiger partial charge >= 0.3 is 0 Å². The molecule has 3 N–H and O–H groups in total. The van der Waals surface area contributed by atoms with E-state index < -0.39 is 0 Å². The lowest BCUT2D eigenvalue weighted by molar-refractivity contribution is 0.112. The lowest BCUT2D eigenvalue weighted by Crippen LogP contribution is -2.43. The van der Waals surface area contributed by atoms with Crippen LogP contribution < -0.4 is 5.43 Å². The van der Waals surface area contributed by atoms with E-state index in [4.69, 9.17) is 4.18 Å². The first-order valence-corrected chi connectivity index (χ1v) is 9.81. The number of hydrazine groups is 1. The molecular formula is C19H34N2O3S. The third-order valence-electron chi connectivity index (χ3n) is 4.86. The van der Waals surface area contributed by atoms with Crippen LogP contribution in [-0.2, 0) is 4.18 Å². The van der Waals surface area contributed by atoms with Crippen LogP contribution in [0.4, 0.5) is 0 Å². The molecular weight excluding hydrogens is 336 g/mol. The molecule has 0 saturated carbocycles. The zero-order chi connectivity index (χ0) is 19.1. The van der Waals surface area contributed by atoms with Crippen molar-refractivity contribution in [3.8, 4) is 11.5 Å². The molecule has 0 aliphatic rings. The summed E-state index contributed by atoms with van der Waals surface area (Å²) in [5.41, 5.74) is 5.12. The maximum Gasteiger partial charge on any atom is 0.124 e. The van der Waals surface area contributed by atoms with Crippen LogP contribution in [0.3, 0.4) is 0 Å². The topological polar surface area (TPSA) is 65.0 Å². The molecule has 1 aromatic rings. The Hall–Kier alpha value is -0.950. The lowest BCUT2D eigenvalue weighted by Gasteiger charge is -2.35. The van der Waals surface area contributed by atoms with Crippen molar-refractivity contribution >= 4 is 12.0 Å². The van der Waals surface area contributed by atoms with Gasteiger partial charge in [-0.2, -0.15) is 0 Å². The van der Waals surface area contributed by atoms with Crippen molar-refractivity contribution in [2.75, 3.05) is 14.2 Å². The molecule has 0 aliphatic heterocycles. The van der Waals surface area contributed by atoms with Gasteiger partial charge in [0.1, 0.15) is 11.5 Å². The largest absolute Gasteiger partial charge is 0.508 e. The molecule has 6 heteroatoms. The average Bonchev–Trinajstić information content (AvgIpc) is 2.56. The SMILES string of the molecule is CCC(C)c1cc(C(C(C)CC)N(C)NC(C)SOC)c(O)cc1O. The van der Waals surface area contributed by atoms with Crippen molar-refractivity contribution in [3.05, 3.63) is 23.3 Å². The zero-order valence-electron chi connectivity index (χ0n) is 16.5. The van der Waals surface area contributed by atoms with E-state index in [0.29, 0.717) is 5.92 Å². The molecule has 5 nitrogen and oxygen atoms in total. The van der Waals surface area contributed by atoms with Crippen molar-refractivity contribution in [1.82, 2.24) is 10.4 Å². The van der Waals surface area contributed by atoms with Gasteiger partial charge in [-0.3, -0.25) is 0 Å². The zero-order valence-corrected chi connectivity index (χ0v) is 17.4. The summed E-state index contributed by atoms with van der Waals surface area (Å²) in [4.78, 5) is 0. The summed E-state index contributed by atoms with van der Waals surface area (Å²) in [5, 5.41) is 22.9. The van der Waals surface area contributed by atoms with Crippen LogP contribution in [0.15, 0.2) is 12.1 Å². The Balaban J connectivity index is 3.26. The summed E-state index contributed by atoms with van der Waals surface area (Å²) in [6, 6.07) is 3.42. The van der Waals surface area contributed by atoms with Gasteiger partial charge < -0.3 is 14.4 Å². The molecule has 0 aliphatic carbocycles. The van der Waals surface area contributed by atoms with Gasteiger partial charge in [-0.05, 0) is 36.8 Å². The first-order chi connectivity index (χ1) is 11.8. The molecule has 25 heavy (non-hydrogen) atoms. The van der Waals surface area contributed by atoms with Gasteiger partial charge in [0.2, 0.25) is 0 Å². The van der Waals surface area contributed by atoms with E-state index in [2.05, 4.69) is 33.1 Å². The summed E-state index contributed by atoms with van der Waals surface area (Å²) >= 11 is 1.35.